The summed E-state index contributed by atoms with van der Waals surface area (Å²) in [6.07, 6.45) is 2.45. The van der Waals surface area contributed by atoms with Crippen LogP contribution >= 0.6 is 0 Å². The Morgan fingerprint density at radius 3 is 2.58 bits per heavy atom. The Bertz CT molecular complexity index is 1470. The summed E-state index contributed by atoms with van der Waals surface area (Å²) in [5.41, 5.74) is 4.61. The van der Waals surface area contributed by atoms with Gasteiger partial charge in [0, 0.05) is 29.8 Å². The van der Waals surface area contributed by atoms with Crippen LogP contribution in [-0.4, -0.2) is 31.8 Å². The summed E-state index contributed by atoms with van der Waals surface area (Å²) in [5, 5.41) is 14.1. The lowest BCUT2D eigenvalue weighted by Gasteiger charge is -2.39. The van der Waals surface area contributed by atoms with E-state index in [1.54, 1.807) is 4.90 Å². The molecule has 1 amide bonds. The van der Waals surface area contributed by atoms with Gasteiger partial charge in [-0.3, -0.25) is 4.79 Å². The van der Waals surface area contributed by atoms with E-state index in [0.717, 1.165) is 45.7 Å². The largest absolute Gasteiger partial charge is 0.393 e. The molecule has 9 heteroatoms. The van der Waals surface area contributed by atoms with Crippen LogP contribution in [0.25, 0.3) is 22.2 Å². The number of aliphatic hydroxyl groups excluding tert-OH is 1. The summed E-state index contributed by atoms with van der Waals surface area (Å²) < 4.78 is 35.3. The Labute approximate surface area is 206 Å². The maximum absolute atomic E-state index is 14.1. The second kappa shape index (κ2) is 8.51. The SMILES string of the molecule is Cc1noc(C)c1-c1ccc2c(c1)nc([C@@H]1CCCC(=O)N1c1ccc(F)c(F)c1)n2[C@H]1C[C@H](O)C1. The van der Waals surface area contributed by atoms with Crippen LogP contribution in [0, 0.1) is 25.5 Å². The predicted octanol–water partition coefficient (Wildman–Crippen LogP) is 5.54. The minimum Gasteiger partial charge on any atom is -0.393 e. The number of nitrogens with zero attached hydrogens (tertiary/aromatic N) is 4. The fraction of sp³-hybridized carbons (Fsp3) is 0.370. The van der Waals surface area contributed by atoms with Gasteiger partial charge in [0.15, 0.2) is 11.6 Å². The maximum Gasteiger partial charge on any atom is 0.227 e. The molecule has 1 atom stereocenters. The molecule has 36 heavy (non-hydrogen) atoms. The molecule has 1 aliphatic heterocycles. The number of aromatic nitrogens is 3. The summed E-state index contributed by atoms with van der Waals surface area (Å²) in [7, 11) is 0. The summed E-state index contributed by atoms with van der Waals surface area (Å²) in [6, 6.07) is 9.15. The highest BCUT2D eigenvalue weighted by atomic mass is 19.2. The van der Waals surface area contributed by atoms with Crippen molar-refractivity contribution in [2.45, 2.75) is 64.1 Å². The molecule has 2 aromatic carbocycles. The number of imidazole rings is 1. The van der Waals surface area contributed by atoms with Gasteiger partial charge in [-0.1, -0.05) is 11.2 Å². The second-order valence-electron chi connectivity index (χ2n) is 9.79. The van der Waals surface area contributed by atoms with Crippen molar-refractivity contribution in [3.63, 3.8) is 0 Å². The van der Waals surface area contributed by atoms with Crippen molar-refractivity contribution >= 4 is 22.6 Å². The molecule has 2 fully saturated rings. The highest BCUT2D eigenvalue weighted by Crippen LogP contribution is 2.43. The molecule has 0 radical (unpaired) electrons. The van der Waals surface area contributed by atoms with Crippen molar-refractivity contribution in [1.29, 1.82) is 0 Å². The van der Waals surface area contributed by atoms with Gasteiger partial charge < -0.3 is 19.1 Å². The first-order chi connectivity index (χ1) is 17.3. The number of rotatable bonds is 4. The first kappa shape index (κ1) is 22.8. The van der Waals surface area contributed by atoms with Crippen molar-refractivity contribution in [3.05, 3.63) is 65.3 Å². The van der Waals surface area contributed by atoms with Crippen LogP contribution in [0.2, 0.25) is 0 Å². The molecule has 1 aliphatic carbocycles. The number of piperidine rings is 1. The molecule has 1 saturated heterocycles. The zero-order valence-corrected chi connectivity index (χ0v) is 20.0. The van der Waals surface area contributed by atoms with Crippen LogP contribution in [-0.2, 0) is 4.79 Å². The zero-order valence-electron chi connectivity index (χ0n) is 20.0. The van der Waals surface area contributed by atoms with E-state index in [9.17, 15) is 18.7 Å². The van der Waals surface area contributed by atoms with Gasteiger partial charge >= 0.3 is 0 Å². The van der Waals surface area contributed by atoms with Crippen molar-refractivity contribution in [2.75, 3.05) is 4.90 Å². The van der Waals surface area contributed by atoms with Gasteiger partial charge in [0.05, 0.1) is 28.9 Å². The third-order valence-electron chi connectivity index (χ3n) is 7.42. The summed E-state index contributed by atoms with van der Waals surface area (Å²) in [5.74, 6) is -0.695. The summed E-state index contributed by atoms with van der Waals surface area (Å²) in [6.45, 7) is 3.76. The summed E-state index contributed by atoms with van der Waals surface area (Å²) >= 11 is 0. The van der Waals surface area contributed by atoms with Crippen LogP contribution in [0.15, 0.2) is 40.9 Å². The molecular weight excluding hydrogens is 466 g/mol. The van der Waals surface area contributed by atoms with Gasteiger partial charge in [0.25, 0.3) is 0 Å². The van der Waals surface area contributed by atoms with E-state index in [2.05, 4.69) is 9.72 Å². The third-order valence-corrected chi connectivity index (χ3v) is 7.42. The van der Waals surface area contributed by atoms with E-state index in [1.165, 1.54) is 6.07 Å². The van der Waals surface area contributed by atoms with Gasteiger partial charge in [0.1, 0.15) is 11.6 Å². The number of fused-ring (bicyclic) bond motifs is 1. The number of amides is 1. The number of carbonyl (C=O) groups excluding carboxylic acids is 1. The van der Waals surface area contributed by atoms with E-state index in [4.69, 9.17) is 9.51 Å². The zero-order chi connectivity index (χ0) is 25.1. The van der Waals surface area contributed by atoms with E-state index in [-0.39, 0.29) is 18.1 Å². The molecule has 0 spiro atoms. The number of carbonyl (C=O) groups is 1. The molecule has 186 valence electrons. The van der Waals surface area contributed by atoms with Crippen molar-refractivity contribution in [3.8, 4) is 11.1 Å². The molecule has 1 saturated carbocycles. The molecule has 1 N–H and O–H groups in total. The van der Waals surface area contributed by atoms with Crippen molar-refractivity contribution < 1.29 is 23.2 Å². The highest BCUT2D eigenvalue weighted by Gasteiger charge is 2.38. The first-order valence-corrected chi connectivity index (χ1v) is 12.2. The van der Waals surface area contributed by atoms with E-state index in [0.29, 0.717) is 43.6 Å². The lowest BCUT2D eigenvalue weighted by Crippen LogP contribution is -2.41. The Kier molecular flexibility index (Phi) is 5.40. The summed E-state index contributed by atoms with van der Waals surface area (Å²) in [4.78, 5) is 19.7. The standard InChI is InChI=1S/C27H26F2N4O3/c1-14-26(15(2)36-31-14)16-6-9-23-22(10-16)30-27(33(23)18-11-19(34)12-18)24-4-3-5-25(35)32(24)17-7-8-20(28)21(29)13-17/h6-10,13,18-19,24,34H,3-5,11-12H2,1-2H3/t18-,19-,24-/m0/s1. The first-order valence-electron chi connectivity index (χ1n) is 12.2. The van der Waals surface area contributed by atoms with Gasteiger partial charge in [-0.15, -0.1) is 0 Å². The average Bonchev–Trinajstić information content (AvgIpc) is 3.37. The van der Waals surface area contributed by atoms with Crippen LogP contribution < -0.4 is 4.90 Å². The Balaban J connectivity index is 1.51. The lowest BCUT2D eigenvalue weighted by molar-refractivity contribution is -0.120. The van der Waals surface area contributed by atoms with Gasteiger partial charge in [-0.2, -0.15) is 0 Å². The van der Waals surface area contributed by atoms with Crippen molar-refractivity contribution in [2.24, 2.45) is 0 Å². The highest BCUT2D eigenvalue weighted by molar-refractivity contribution is 5.95. The predicted molar refractivity (Wildman–Crippen MR) is 129 cm³/mol. The van der Waals surface area contributed by atoms with E-state index < -0.39 is 17.7 Å². The van der Waals surface area contributed by atoms with Crippen molar-refractivity contribution in [1.82, 2.24) is 14.7 Å². The molecule has 2 aromatic heterocycles. The van der Waals surface area contributed by atoms with E-state index in [1.807, 2.05) is 32.0 Å². The topological polar surface area (TPSA) is 84.4 Å². The fourth-order valence-electron chi connectivity index (χ4n) is 5.63. The molecule has 7 nitrogen and oxygen atoms in total. The average molecular weight is 493 g/mol. The minimum atomic E-state index is -0.996. The second-order valence-corrected chi connectivity index (χ2v) is 9.79. The number of aryl methyl sites for hydroxylation is 2. The third kappa shape index (κ3) is 3.61. The van der Waals surface area contributed by atoms with Crippen LogP contribution in [0.4, 0.5) is 14.5 Å². The Morgan fingerprint density at radius 1 is 1.08 bits per heavy atom. The van der Waals surface area contributed by atoms with Gasteiger partial charge in [-0.25, -0.2) is 13.8 Å². The van der Waals surface area contributed by atoms with Crippen LogP contribution in [0.3, 0.4) is 0 Å². The molecule has 2 aliphatic rings. The molecular formula is C27H26F2N4O3. The molecule has 3 heterocycles. The normalized spacial score (nSPS) is 22.3. The number of benzene rings is 2. The van der Waals surface area contributed by atoms with E-state index >= 15 is 0 Å². The number of halogens is 2. The number of hydrogen-bond donors (Lipinski definition) is 1. The van der Waals surface area contributed by atoms with Gasteiger partial charge in [0.2, 0.25) is 5.91 Å². The van der Waals surface area contributed by atoms with Crippen LogP contribution in [0.5, 0.6) is 0 Å². The minimum absolute atomic E-state index is 0.0359. The lowest BCUT2D eigenvalue weighted by atomic mass is 9.88. The maximum atomic E-state index is 14.1. The molecule has 6 rings (SSSR count). The quantitative estimate of drug-likeness (QED) is 0.404. The number of hydrogen-bond acceptors (Lipinski definition) is 5. The Hall–Kier alpha value is -3.59. The smallest absolute Gasteiger partial charge is 0.227 e. The van der Waals surface area contributed by atoms with Crippen LogP contribution in [0.1, 0.15) is 61.5 Å². The monoisotopic (exact) mass is 492 g/mol. The molecule has 0 unspecified atom stereocenters. The van der Waals surface area contributed by atoms with Gasteiger partial charge in [-0.05, 0) is 69.4 Å². The molecule has 4 aromatic rings. The fourth-order valence-corrected chi connectivity index (χ4v) is 5.63. The number of aliphatic hydroxyl groups is 1. The molecule has 0 bridgehead atoms. The number of anilines is 1. The Morgan fingerprint density at radius 2 is 1.89 bits per heavy atom.